The lowest BCUT2D eigenvalue weighted by Gasteiger charge is -2.35. The molecule has 1 amide bonds. The van der Waals surface area contributed by atoms with Crippen LogP contribution in [0.4, 0.5) is 0 Å². The lowest BCUT2D eigenvalue weighted by Crippen LogP contribution is -2.49. The zero-order chi connectivity index (χ0) is 27.5. The van der Waals surface area contributed by atoms with Crippen molar-refractivity contribution in [1.29, 1.82) is 0 Å². The minimum atomic E-state index is -0.261. The summed E-state index contributed by atoms with van der Waals surface area (Å²) in [7, 11) is 3.25. The van der Waals surface area contributed by atoms with Crippen molar-refractivity contribution in [1.82, 2.24) is 14.8 Å². The molecule has 0 radical (unpaired) electrons. The van der Waals surface area contributed by atoms with Crippen molar-refractivity contribution in [3.63, 3.8) is 0 Å². The topological polar surface area (TPSA) is 76.1 Å². The van der Waals surface area contributed by atoms with Gasteiger partial charge in [0.25, 0.3) is 5.91 Å². The van der Waals surface area contributed by atoms with E-state index in [1.165, 1.54) is 5.56 Å². The molecule has 1 fully saturated rings. The van der Waals surface area contributed by atoms with E-state index in [9.17, 15) is 4.79 Å². The van der Waals surface area contributed by atoms with Gasteiger partial charge in [-0.3, -0.25) is 14.6 Å². The molecular formula is C31H34N4O5. The van der Waals surface area contributed by atoms with E-state index in [4.69, 9.17) is 24.0 Å². The fourth-order valence-corrected chi connectivity index (χ4v) is 5.53. The quantitative estimate of drug-likeness (QED) is 0.427. The molecular weight excluding hydrogens is 508 g/mol. The summed E-state index contributed by atoms with van der Waals surface area (Å²) in [6.07, 6.45) is 0.554. The number of methoxy groups -OCH3 is 2. The monoisotopic (exact) mass is 542 g/mol. The summed E-state index contributed by atoms with van der Waals surface area (Å²) in [6.45, 7) is 4.97. The summed E-state index contributed by atoms with van der Waals surface area (Å²) in [4.78, 5) is 18.5. The molecule has 1 atom stereocenters. The molecule has 0 saturated carbocycles. The Morgan fingerprint density at radius 3 is 2.45 bits per heavy atom. The highest BCUT2D eigenvalue weighted by atomic mass is 16.7. The molecule has 6 rings (SSSR count). The van der Waals surface area contributed by atoms with Gasteiger partial charge >= 0.3 is 0 Å². The maximum absolute atomic E-state index is 13.8. The van der Waals surface area contributed by atoms with Crippen LogP contribution in [0.5, 0.6) is 23.0 Å². The molecule has 208 valence electrons. The molecule has 1 saturated heterocycles. The molecule has 0 aromatic heterocycles. The van der Waals surface area contributed by atoms with Crippen LogP contribution in [-0.4, -0.2) is 80.2 Å². The summed E-state index contributed by atoms with van der Waals surface area (Å²) < 4.78 is 22.2. The molecule has 0 bridgehead atoms. The Labute approximate surface area is 234 Å². The number of rotatable bonds is 8. The van der Waals surface area contributed by atoms with Crippen LogP contribution in [-0.2, 0) is 11.3 Å². The van der Waals surface area contributed by atoms with E-state index in [1.54, 1.807) is 19.2 Å². The van der Waals surface area contributed by atoms with Gasteiger partial charge in [0.2, 0.25) is 6.79 Å². The highest BCUT2D eigenvalue weighted by molar-refractivity contribution is 6.05. The molecule has 3 aromatic carbocycles. The van der Waals surface area contributed by atoms with Crippen LogP contribution in [0.15, 0.2) is 71.8 Å². The van der Waals surface area contributed by atoms with Gasteiger partial charge in [0.05, 0.1) is 32.5 Å². The number of hydrogen-bond donors (Lipinski definition) is 0. The number of fused-ring (bicyclic) bond motifs is 1. The highest BCUT2D eigenvalue weighted by Crippen LogP contribution is 2.40. The van der Waals surface area contributed by atoms with Crippen LogP contribution in [0.1, 0.15) is 29.2 Å². The fraction of sp³-hybridized carbons (Fsp3) is 0.355. The van der Waals surface area contributed by atoms with Gasteiger partial charge in [-0.15, -0.1) is 0 Å². The first-order valence-corrected chi connectivity index (χ1v) is 13.6. The van der Waals surface area contributed by atoms with Crippen molar-refractivity contribution in [3.05, 3.63) is 83.4 Å². The van der Waals surface area contributed by atoms with E-state index in [2.05, 4.69) is 34.1 Å². The largest absolute Gasteiger partial charge is 0.497 e. The molecule has 3 aliphatic rings. The second-order valence-electron chi connectivity index (χ2n) is 10.2. The SMILES string of the molecule is COc1ccc(C2=NN(C(=O)CN3CCN(Cc4ccccc4)CC3)[C@H](c3ccc4c(c3)OCO4)C2)c(OC)c1. The van der Waals surface area contributed by atoms with E-state index < -0.39 is 0 Å². The first-order chi connectivity index (χ1) is 19.6. The van der Waals surface area contributed by atoms with Crippen LogP contribution in [0.2, 0.25) is 0 Å². The minimum Gasteiger partial charge on any atom is -0.497 e. The van der Waals surface area contributed by atoms with Crippen molar-refractivity contribution in [2.24, 2.45) is 5.10 Å². The Balaban J connectivity index is 1.20. The van der Waals surface area contributed by atoms with E-state index in [-0.39, 0.29) is 18.7 Å². The number of carbonyl (C=O) groups excluding carboxylic acids is 1. The summed E-state index contributed by atoms with van der Waals surface area (Å²) in [5, 5.41) is 6.53. The van der Waals surface area contributed by atoms with E-state index in [0.29, 0.717) is 36.0 Å². The standard InChI is InChI=1S/C31H34N4O5/c1-37-24-9-10-25(29(17-24)38-2)26-18-27(23-8-11-28-30(16-23)40-21-39-28)35(32-26)31(36)20-34-14-12-33(13-15-34)19-22-6-4-3-5-7-22/h3-11,16-17,27H,12-15,18-21H2,1-2H3/t27-/m0/s1. The number of amides is 1. The number of carbonyl (C=O) groups is 1. The number of hydrogen-bond acceptors (Lipinski definition) is 8. The number of benzene rings is 3. The average Bonchev–Trinajstić information content (AvgIpc) is 3.66. The smallest absolute Gasteiger partial charge is 0.257 e. The van der Waals surface area contributed by atoms with Crippen LogP contribution in [0.25, 0.3) is 0 Å². The Bertz CT molecular complexity index is 1390. The van der Waals surface area contributed by atoms with Crippen molar-refractivity contribution < 1.29 is 23.7 Å². The van der Waals surface area contributed by atoms with Crippen molar-refractivity contribution in [3.8, 4) is 23.0 Å². The molecule has 40 heavy (non-hydrogen) atoms. The number of ether oxygens (including phenoxy) is 4. The van der Waals surface area contributed by atoms with Crippen LogP contribution < -0.4 is 18.9 Å². The lowest BCUT2D eigenvalue weighted by atomic mass is 9.97. The zero-order valence-electron chi connectivity index (χ0n) is 22.9. The normalized spacial score (nSPS) is 19.0. The predicted molar refractivity (Wildman–Crippen MR) is 151 cm³/mol. The first kappa shape index (κ1) is 26.2. The second kappa shape index (κ2) is 11.6. The van der Waals surface area contributed by atoms with E-state index >= 15 is 0 Å². The number of piperazine rings is 1. The van der Waals surface area contributed by atoms with Crippen molar-refractivity contribution >= 4 is 11.6 Å². The molecule has 9 heteroatoms. The van der Waals surface area contributed by atoms with Crippen molar-refractivity contribution in [2.75, 3.05) is 53.7 Å². The van der Waals surface area contributed by atoms with Gasteiger partial charge in [-0.25, -0.2) is 5.01 Å². The average molecular weight is 543 g/mol. The third-order valence-corrected chi connectivity index (χ3v) is 7.74. The van der Waals surface area contributed by atoms with E-state index in [1.807, 2.05) is 42.5 Å². The second-order valence-corrected chi connectivity index (χ2v) is 10.2. The Hall–Kier alpha value is -4.08. The third-order valence-electron chi connectivity index (χ3n) is 7.74. The van der Waals surface area contributed by atoms with Gasteiger partial charge in [-0.05, 0) is 35.4 Å². The van der Waals surface area contributed by atoms with Crippen molar-refractivity contribution in [2.45, 2.75) is 19.0 Å². The molecule has 0 aliphatic carbocycles. The van der Waals surface area contributed by atoms with Crippen LogP contribution in [0, 0.1) is 0 Å². The molecule has 3 heterocycles. The lowest BCUT2D eigenvalue weighted by molar-refractivity contribution is -0.134. The summed E-state index contributed by atoms with van der Waals surface area (Å²) in [5.41, 5.74) is 3.91. The fourth-order valence-electron chi connectivity index (χ4n) is 5.53. The maximum atomic E-state index is 13.8. The van der Waals surface area contributed by atoms with Gasteiger partial charge < -0.3 is 18.9 Å². The first-order valence-electron chi connectivity index (χ1n) is 13.6. The van der Waals surface area contributed by atoms with Gasteiger partial charge in [0.1, 0.15) is 11.5 Å². The molecule has 3 aromatic rings. The minimum absolute atomic E-state index is 0.0262. The maximum Gasteiger partial charge on any atom is 0.257 e. The third kappa shape index (κ3) is 5.48. The summed E-state index contributed by atoms with van der Waals surface area (Å²) in [6, 6.07) is 21.8. The Kier molecular flexibility index (Phi) is 7.57. The van der Waals surface area contributed by atoms with Crippen LogP contribution in [0.3, 0.4) is 0 Å². The molecule has 9 nitrogen and oxygen atoms in total. The molecule has 0 N–H and O–H groups in total. The highest BCUT2D eigenvalue weighted by Gasteiger charge is 2.36. The molecule has 0 spiro atoms. The number of nitrogens with zero attached hydrogens (tertiary/aromatic N) is 4. The molecule has 0 unspecified atom stereocenters. The van der Waals surface area contributed by atoms with Gasteiger partial charge in [0, 0.05) is 50.8 Å². The summed E-state index contributed by atoms with van der Waals surface area (Å²) in [5.74, 6) is 2.74. The Morgan fingerprint density at radius 1 is 0.900 bits per heavy atom. The van der Waals surface area contributed by atoms with Crippen LogP contribution >= 0.6 is 0 Å². The Morgan fingerprint density at radius 2 is 1.68 bits per heavy atom. The van der Waals surface area contributed by atoms with Gasteiger partial charge in [-0.1, -0.05) is 36.4 Å². The van der Waals surface area contributed by atoms with E-state index in [0.717, 1.165) is 49.6 Å². The summed E-state index contributed by atoms with van der Waals surface area (Å²) >= 11 is 0. The predicted octanol–water partition coefficient (Wildman–Crippen LogP) is 3.93. The number of hydrazone groups is 1. The van der Waals surface area contributed by atoms with Gasteiger partial charge in [-0.2, -0.15) is 5.10 Å². The van der Waals surface area contributed by atoms with Gasteiger partial charge in [0.15, 0.2) is 11.5 Å². The zero-order valence-corrected chi connectivity index (χ0v) is 22.9. The molecule has 3 aliphatic heterocycles.